The van der Waals surface area contributed by atoms with E-state index >= 15 is 0 Å². The fraction of sp³-hybridized carbons (Fsp3) is 0.378. The number of hydrogen-bond donors (Lipinski definition) is 3. The van der Waals surface area contributed by atoms with Gasteiger partial charge in [-0.15, -0.1) is 0 Å². The number of nitrogen functional groups attached to an aromatic ring is 1. The Morgan fingerprint density at radius 3 is 2.35 bits per heavy atom. The predicted molar refractivity (Wildman–Crippen MR) is 228 cm³/mol. The zero-order valence-electron chi connectivity index (χ0n) is 34.3. The molecule has 62 heavy (non-hydrogen) atoms. The molecule has 17 nitrogen and oxygen atoms in total. The molecule has 322 valence electrons. The number of fused-ring (bicyclic) bond motifs is 2. The molecule has 3 aromatic carbocycles. The Balaban J connectivity index is 0.702. The maximum Gasteiger partial charge on any atom is 0.264 e. The average molecular weight is 844 g/mol. The van der Waals surface area contributed by atoms with E-state index in [1.807, 2.05) is 59.3 Å². The Morgan fingerprint density at radius 2 is 1.56 bits per heavy atom. The maximum atomic E-state index is 13.3. The van der Waals surface area contributed by atoms with Gasteiger partial charge in [-0.3, -0.25) is 34.2 Å². The molecule has 0 radical (unpaired) electrons. The lowest BCUT2D eigenvalue weighted by atomic mass is 10.0. The van der Waals surface area contributed by atoms with Gasteiger partial charge in [-0.25, -0.2) is 14.6 Å². The van der Waals surface area contributed by atoms with Crippen LogP contribution in [0.2, 0.25) is 0 Å². The third kappa shape index (κ3) is 9.49. The zero-order chi connectivity index (χ0) is 43.0. The number of aromatic nitrogens is 4. The number of ether oxygens (including phenoxy) is 3. The summed E-state index contributed by atoms with van der Waals surface area (Å²) in [5, 5.41) is 10.6. The first-order valence-corrected chi connectivity index (χ1v) is 21.1. The SMILES string of the molecule is Nc1ncnc2c1c(-c1ccc(Oc3ccccc3)cc1)nn2C1CCN(CCCCCCOCCOCC(=O)Nc2cccc3c2C(=O)N(C2CCC(=O)NC2=O)C3=O)CC1. The van der Waals surface area contributed by atoms with Crippen LogP contribution in [0, 0.1) is 0 Å². The Morgan fingerprint density at radius 1 is 0.806 bits per heavy atom. The van der Waals surface area contributed by atoms with Gasteiger partial charge in [0, 0.05) is 31.7 Å². The van der Waals surface area contributed by atoms with Crippen LogP contribution in [0.1, 0.15) is 78.1 Å². The lowest BCUT2D eigenvalue weighted by molar-refractivity contribution is -0.136. The van der Waals surface area contributed by atoms with Gasteiger partial charge in [0.1, 0.15) is 42.0 Å². The highest BCUT2D eigenvalue weighted by Crippen LogP contribution is 2.36. The van der Waals surface area contributed by atoms with Crippen molar-refractivity contribution in [2.45, 2.75) is 63.5 Å². The molecule has 0 bridgehead atoms. The van der Waals surface area contributed by atoms with Crippen molar-refractivity contribution in [3.63, 3.8) is 0 Å². The number of nitrogens with one attached hydrogen (secondary N) is 2. The molecule has 17 heteroatoms. The van der Waals surface area contributed by atoms with Gasteiger partial charge in [-0.1, -0.05) is 37.1 Å². The summed E-state index contributed by atoms with van der Waals surface area (Å²) in [6, 6.07) is 21.1. The molecule has 4 N–H and O–H groups in total. The van der Waals surface area contributed by atoms with Gasteiger partial charge in [0.2, 0.25) is 17.7 Å². The lowest BCUT2D eigenvalue weighted by Gasteiger charge is -2.32. The van der Waals surface area contributed by atoms with E-state index in [4.69, 9.17) is 25.0 Å². The maximum absolute atomic E-state index is 13.3. The second-order valence-corrected chi connectivity index (χ2v) is 15.6. The molecular formula is C45H49N9O8. The van der Waals surface area contributed by atoms with Crippen LogP contribution < -0.4 is 21.1 Å². The van der Waals surface area contributed by atoms with Crippen molar-refractivity contribution >= 4 is 52.1 Å². The molecule has 0 aliphatic carbocycles. The third-order valence-electron chi connectivity index (χ3n) is 11.4. The van der Waals surface area contributed by atoms with Crippen LogP contribution in [0.15, 0.2) is 79.1 Å². The van der Waals surface area contributed by atoms with Gasteiger partial charge in [0.15, 0.2) is 5.65 Å². The monoisotopic (exact) mass is 843 g/mol. The van der Waals surface area contributed by atoms with E-state index in [9.17, 15) is 24.0 Å². The zero-order valence-corrected chi connectivity index (χ0v) is 34.3. The Labute approximate surface area is 357 Å². The first-order chi connectivity index (χ1) is 30.2. The number of imide groups is 2. The lowest BCUT2D eigenvalue weighted by Crippen LogP contribution is -2.54. The van der Waals surface area contributed by atoms with E-state index in [1.165, 1.54) is 18.5 Å². The van der Waals surface area contributed by atoms with E-state index in [1.54, 1.807) is 6.07 Å². The van der Waals surface area contributed by atoms with E-state index in [2.05, 4.69) is 25.5 Å². The van der Waals surface area contributed by atoms with Crippen molar-refractivity contribution in [3.8, 4) is 22.8 Å². The second kappa shape index (κ2) is 19.4. The van der Waals surface area contributed by atoms with Crippen LogP contribution in [-0.2, 0) is 23.9 Å². The van der Waals surface area contributed by atoms with E-state index in [0.717, 1.165) is 96.8 Å². The first kappa shape index (κ1) is 42.1. The minimum absolute atomic E-state index is 0.00784. The Hall–Kier alpha value is -6.56. The highest BCUT2D eigenvalue weighted by molar-refractivity contribution is 6.26. The average Bonchev–Trinajstić information content (AvgIpc) is 3.79. The molecular weight excluding hydrogens is 795 g/mol. The first-order valence-electron chi connectivity index (χ1n) is 21.1. The number of carbonyl (C=O) groups is 5. The minimum Gasteiger partial charge on any atom is -0.457 e. The highest BCUT2D eigenvalue weighted by Gasteiger charge is 2.45. The van der Waals surface area contributed by atoms with Crippen molar-refractivity contribution in [1.29, 1.82) is 0 Å². The number of carbonyl (C=O) groups excluding carboxylic acids is 5. The summed E-state index contributed by atoms with van der Waals surface area (Å²) < 4.78 is 19.2. The molecule has 1 unspecified atom stereocenters. The molecule has 2 saturated heterocycles. The van der Waals surface area contributed by atoms with Gasteiger partial charge in [0.05, 0.1) is 41.5 Å². The topological polar surface area (TPSA) is 213 Å². The van der Waals surface area contributed by atoms with Gasteiger partial charge < -0.3 is 30.2 Å². The number of piperidine rings is 2. The summed E-state index contributed by atoms with van der Waals surface area (Å²) in [6.07, 6.45) is 7.65. The van der Waals surface area contributed by atoms with Crippen molar-refractivity contribution in [3.05, 3.63) is 90.3 Å². The number of para-hydroxylation sites is 1. The van der Waals surface area contributed by atoms with E-state index < -0.39 is 35.6 Å². The number of amides is 5. The molecule has 0 spiro atoms. The molecule has 5 amide bonds. The number of anilines is 2. The quantitative estimate of drug-likeness (QED) is 0.0771. The van der Waals surface area contributed by atoms with Crippen molar-refractivity contribution in [1.82, 2.24) is 34.9 Å². The van der Waals surface area contributed by atoms with Gasteiger partial charge in [-0.2, -0.15) is 5.10 Å². The van der Waals surface area contributed by atoms with Crippen LogP contribution in [0.3, 0.4) is 0 Å². The highest BCUT2D eigenvalue weighted by atomic mass is 16.5. The van der Waals surface area contributed by atoms with E-state index in [0.29, 0.717) is 19.0 Å². The minimum atomic E-state index is -1.09. The second-order valence-electron chi connectivity index (χ2n) is 15.6. The molecule has 5 heterocycles. The summed E-state index contributed by atoms with van der Waals surface area (Å²) in [7, 11) is 0. The smallest absolute Gasteiger partial charge is 0.264 e. The summed E-state index contributed by atoms with van der Waals surface area (Å²) in [5.74, 6) is -1.08. The summed E-state index contributed by atoms with van der Waals surface area (Å²) in [5.41, 5.74) is 9.08. The third-order valence-corrected chi connectivity index (χ3v) is 11.4. The molecule has 3 aliphatic rings. The number of rotatable bonds is 18. The molecule has 2 fully saturated rings. The van der Waals surface area contributed by atoms with Crippen LogP contribution in [-0.4, -0.2) is 111 Å². The molecule has 1 atom stereocenters. The molecule has 0 saturated carbocycles. The number of benzene rings is 3. The van der Waals surface area contributed by atoms with Crippen LogP contribution in [0.5, 0.6) is 11.5 Å². The Kier molecular flexibility index (Phi) is 13.2. The Bertz CT molecular complexity index is 2430. The predicted octanol–water partition coefficient (Wildman–Crippen LogP) is 5.14. The molecule has 3 aliphatic heterocycles. The van der Waals surface area contributed by atoms with Crippen LogP contribution in [0.25, 0.3) is 22.3 Å². The molecule has 2 aromatic heterocycles. The van der Waals surface area contributed by atoms with E-state index in [-0.39, 0.29) is 48.9 Å². The number of nitrogens with two attached hydrogens (primary N) is 1. The largest absolute Gasteiger partial charge is 0.457 e. The normalized spacial score (nSPS) is 17.1. The summed E-state index contributed by atoms with van der Waals surface area (Å²) in [6.45, 7) is 3.85. The fourth-order valence-electron chi connectivity index (χ4n) is 8.23. The number of nitrogens with zero attached hydrogens (tertiary/aromatic N) is 6. The molecule has 8 rings (SSSR count). The van der Waals surface area contributed by atoms with Crippen molar-refractivity contribution in [2.24, 2.45) is 0 Å². The standard InChI is InChI=1S/C45H49N9O8/c46-41-39-40(29-13-15-32(16-14-29)62-31-9-4-3-5-10-31)51-54(42(39)48-28-47-41)30-19-22-52(23-20-30)21-6-1-2-7-24-60-25-26-61-27-37(56)49-34-12-8-11-33-38(34)45(59)53(44(33)58)35-17-18-36(55)50-43(35)57/h3-5,8-16,28,30,35H,1-2,6-7,17-27H2,(H,49,56)(H2,46,47,48)(H,50,55,57). The van der Waals surface area contributed by atoms with Gasteiger partial charge >= 0.3 is 0 Å². The number of hydrogen-bond acceptors (Lipinski definition) is 13. The van der Waals surface area contributed by atoms with Gasteiger partial charge in [0.25, 0.3) is 11.8 Å². The van der Waals surface area contributed by atoms with Crippen LogP contribution in [0.4, 0.5) is 11.5 Å². The number of likely N-dealkylation sites (tertiary alicyclic amines) is 1. The molecule has 5 aromatic rings. The fourth-order valence-corrected chi connectivity index (χ4v) is 8.23. The van der Waals surface area contributed by atoms with Gasteiger partial charge in [-0.05, 0) is 87.2 Å². The summed E-state index contributed by atoms with van der Waals surface area (Å²) in [4.78, 5) is 75.2. The van der Waals surface area contributed by atoms with Crippen molar-refractivity contribution in [2.75, 3.05) is 57.1 Å². The van der Waals surface area contributed by atoms with Crippen LogP contribution >= 0.6 is 0 Å². The summed E-state index contributed by atoms with van der Waals surface area (Å²) >= 11 is 0. The number of unbranched alkanes of at least 4 members (excludes halogenated alkanes) is 3. The van der Waals surface area contributed by atoms with Crippen molar-refractivity contribution < 1.29 is 38.2 Å².